The van der Waals surface area contributed by atoms with Gasteiger partial charge in [0.2, 0.25) is 0 Å². The maximum Gasteiger partial charge on any atom is 0.167 e. The predicted molar refractivity (Wildman–Crippen MR) is 72.9 cm³/mol. The number of nitrogen functional groups attached to an aromatic ring is 1. The van der Waals surface area contributed by atoms with Gasteiger partial charge >= 0.3 is 0 Å². The molecule has 0 amide bonds. The second kappa shape index (κ2) is 6.23. The highest BCUT2D eigenvalue weighted by Crippen LogP contribution is 2.22. The van der Waals surface area contributed by atoms with Crippen molar-refractivity contribution in [2.24, 2.45) is 0 Å². The zero-order chi connectivity index (χ0) is 14.5. The summed E-state index contributed by atoms with van der Waals surface area (Å²) in [5.41, 5.74) is 7.37. The average molecular weight is 279 g/mol. The molecule has 0 unspecified atom stereocenters. The monoisotopic (exact) mass is 279 g/mol. The number of hydrogen-bond acceptors (Lipinski definition) is 3. The first kappa shape index (κ1) is 14.1. The van der Waals surface area contributed by atoms with Gasteiger partial charge in [0.25, 0.3) is 0 Å². The summed E-state index contributed by atoms with van der Waals surface area (Å²) < 4.78 is 36.6. The average Bonchev–Trinajstić information content (AvgIpc) is 2.39. The number of hydrogen-bond donors (Lipinski definition) is 1. The molecule has 0 aliphatic rings. The normalized spacial score (nSPS) is 10.3. The fraction of sp³-hybridized carbons (Fsp3) is 0.200. The summed E-state index contributed by atoms with van der Waals surface area (Å²) in [7, 11) is 0. The molecule has 0 spiro atoms. The second-order valence-electron chi connectivity index (χ2n) is 4.31. The predicted octanol–water partition coefficient (Wildman–Crippen LogP) is 3.31. The Kier molecular flexibility index (Phi) is 4.40. The lowest BCUT2D eigenvalue weighted by Crippen LogP contribution is -2.10. The van der Waals surface area contributed by atoms with E-state index in [1.54, 1.807) is 12.1 Å². The van der Waals surface area contributed by atoms with Crippen molar-refractivity contribution in [3.05, 3.63) is 53.6 Å². The van der Waals surface area contributed by atoms with Crippen LogP contribution < -0.4 is 15.2 Å². The SMILES string of the molecule is Cc1ccc(OCCOc2ccc(F)cc2F)c(N)c1. The van der Waals surface area contributed by atoms with Gasteiger partial charge in [-0.2, -0.15) is 0 Å². The highest BCUT2D eigenvalue weighted by atomic mass is 19.1. The Morgan fingerprint density at radius 3 is 2.25 bits per heavy atom. The molecule has 0 saturated carbocycles. The zero-order valence-electron chi connectivity index (χ0n) is 11.0. The summed E-state index contributed by atoms with van der Waals surface area (Å²) in [6.07, 6.45) is 0. The number of anilines is 1. The fourth-order valence-electron chi connectivity index (χ4n) is 1.69. The first-order chi connectivity index (χ1) is 9.56. The summed E-state index contributed by atoms with van der Waals surface area (Å²) in [6.45, 7) is 2.28. The van der Waals surface area contributed by atoms with Crippen LogP contribution in [0.1, 0.15) is 5.56 Å². The van der Waals surface area contributed by atoms with E-state index in [1.165, 1.54) is 6.07 Å². The first-order valence-electron chi connectivity index (χ1n) is 6.13. The van der Waals surface area contributed by atoms with E-state index < -0.39 is 11.6 Å². The Hall–Kier alpha value is -2.30. The lowest BCUT2D eigenvalue weighted by molar-refractivity contribution is 0.212. The Morgan fingerprint density at radius 1 is 0.950 bits per heavy atom. The number of halogens is 2. The van der Waals surface area contributed by atoms with Crippen LogP contribution in [0.4, 0.5) is 14.5 Å². The van der Waals surface area contributed by atoms with Gasteiger partial charge in [-0.1, -0.05) is 6.07 Å². The van der Waals surface area contributed by atoms with E-state index in [2.05, 4.69) is 0 Å². The van der Waals surface area contributed by atoms with Crippen LogP contribution in [-0.4, -0.2) is 13.2 Å². The summed E-state index contributed by atoms with van der Waals surface area (Å²) in [6, 6.07) is 8.60. The van der Waals surface area contributed by atoms with Gasteiger partial charge in [-0.05, 0) is 36.8 Å². The third-order valence-electron chi connectivity index (χ3n) is 2.66. The van der Waals surface area contributed by atoms with Gasteiger partial charge in [-0.3, -0.25) is 0 Å². The van der Waals surface area contributed by atoms with Gasteiger partial charge in [0.15, 0.2) is 11.6 Å². The quantitative estimate of drug-likeness (QED) is 0.674. The van der Waals surface area contributed by atoms with Crippen LogP contribution in [0.15, 0.2) is 36.4 Å². The minimum Gasteiger partial charge on any atom is -0.488 e. The highest BCUT2D eigenvalue weighted by Gasteiger charge is 2.05. The molecule has 0 radical (unpaired) electrons. The molecule has 0 bridgehead atoms. The van der Waals surface area contributed by atoms with Crippen molar-refractivity contribution in [1.82, 2.24) is 0 Å². The van der Waals surface area contributed by atoms with Crippen molar-refractivity contribution in [1.29, 1.82) is 0 Å². The minimum atomic E-state index is -0.736. The summed E-state index contributed by atoms with van der Waals surface area (Å²) in [5.74, 6) is -0.830. The first-order valence-corrected chi connectivity index (χ1v) is 6.13. The molecule has 3 nitrogen and oxygen atoms in total. The third-order valence-corrected chi connectivity index (χ3v) is 2.66. The molecule has 2 aromatic carbocycles. The molecule has 0 fully saturated rings. The van der Waals surface area contributed by atoms with Crippen molar-refractivity contribution in [2.75, 3.05) is 18.9 Å². The van der Waals surface area contributed by atoms with Gasteiger partial charge in [-0.25, -0.2) is 8.78 Å². The molecule has 0 atom stereocenters. The van der Waals surface area contributed by atoms with Crippen molar-refractivity contribution in [3.8, 4) is 11.5 Å². The van der Waals surface area contributed by atoms with Crippen LogP contribution in [0.2, 0.25) is 0 Å². The minimum absolute atomic E-state index is 0.00752. The van der Waals surface area contributed by atoms with Gasteiger partial charge in [0.05, 0.1) is 5.69 Å². The highest BCUT2D eigenvalue weighted by molar-refractivity contribution is 5.53. The maximum atomic E-state index is 13.3. The molecular weight excluding hydrogens is 264 g/mol. The standard InChI is InChI=1S/C15H15F2NO2/c1-10-2-4-15(13(18)8-10)20-7-6-19-14-5-3-11(16)9-12(14)17/h2-5,8-9H,6-7,18H2,1H3. The topological polar surface area (TPSA) is 44.5 Å². The van der Waals surface area contributed by atoms with E-state index in [-0.39, 0.29) is 19.0 Å². The Balaban J connectivity index is 1.84. The van der Waals surface area contributed by atoms with Crippen molar-refractivity contribution >= 4 is 5.69 Å². The van der Waals surface area contributed by atoms with Crippen LogP contribution >= 0.6 is 0 Å². The number of ether oxygens (including phenoxy) is 2. The molecule has 2 rings (SSSR count). The van der Waals surface area contributed by atoms with Crippen LogP contribution in [0.3, 0.4) is 0 Å². The Morgan fingerprint density at radius 2 is 1.60 bits per heavy atom. The molecule has 2 N–H and O–H groups in total. The van der Waals surface area contributed by atoms with Gasteiger partial charge < -0.3 is 15.2 Å². The zero-order valence-corrected chi connectivity index (χ0v) is 11.0. The second-order valence-corrected chi connectivity index (χ2v) is 4.31. The molecule has 2 aromatic rings. The largest absolute Gasteiger partial charge is 0.488 e. The molecule has 0 heterocycles. The molecule has 0 saturated heterocycles. The van der Waals surface area contributed by atoms with Crippen LogP contribution in [0.5, 0.6) is 11.5 Å². The van der Waals surface area contributed by atoms with E-state index in [0.717, 1.165) is 17.7 Å². The number of aryl methyl sites for hydroxylation is 1. The molecule has 5 heteroatoms. The molecule has 0 aliphatic heterocycles. The number of benzene rings is 2. The lowest BCUT2D eigenvalue weighted by atomic mass is 10.2. The van der Waals surface area contributed by atoms with Gasteiger partial charge in [-0.15, -0.1) is 0 Å². The number of rotatable bonds is 5. The van der Waals surface area contributed by atoms with Crippen molar-refractivity contribution in [2.45, 2.75) is 6.92 Å². The molecule has 0 aromatic heterocycles. The van der Waals surface area contributed by atoms with Crippen LogP contribution in [0.25, 0.3) is 0 Å². The van der Waals surface area contributed by atoms with E-state index in [1.807, 2.05) is 13.0 Å². The molecule has 0 aliphatic carbocycles. The summed E-state index contributed by atoms with van der Waals surface area (Å²) >= 11 is 0. The smallest absolute Gasteiger partial charge is 0.167 e. The Labute approximate surface area is 115 Å². The summed E-state index contributed by atoms with van der Waals surface area (Å²) in [4.78, 5) is 0. The van der Waals surface area contributed by atoms with Crippen LogP contribution in [-0.2, 0) is 0 Å². The Bertz CT molecular complexity index is 549. The molecular formula is C15H15F2NO2. The number of nitrogens with two attached hydrogens (primary N) is 1. The summed E-state index contributed by atoms with van der Waals surface area (Å²) in [5, 5.41) is 0. The molecule has 20 heavy (non-hydrogen) atoms. The van der Waals surface area contributed by atoms with Crippen LogP contribution in [0, 0.1) is 18.6 Å². The molecule has 106 valence electrons. The fourth-order valence-corrected chi connectivity index (χ4v) is 1.69. The van der Waals surface area contributed by atoms with E-state index in [4.69, 9.17) is 15.2 Å². The van der Waals surface area contributed by atoms with Crippen molar-refractivity contribution in [3.63, 3.8) is 0 Å². The maximum absolute atomic E-state index is 13.3. The van der Waals surface area contributed by atoms with E-state index >= 15 is 0 Å². The van der Waals surface area contributed by atoms with E-state index in [9.17, 15) is 8.78 Å². The van der Waals surface area contributed by atoms with E-state index in [0.29, 0.717) is 11.4 Å². The lowest BCUT2D eigenvalue weighted by Gasteiger charge is -2.11. The van der Waals surface area contributed by atoms with Gasteiger partial charge in [0.1, 0.15) is 24.8 Å². The van der Waals surface area contributed by atoms with Gasteiger partial charge in [0, 0.05) is 6.07 Å². The van der Waals surface area contributed by atoms with Crippen molar-refractivity contribution < 1.29 is 18.3 Å². The third kappa shape index (κ3) is 3.60.